The fourth-order valence-corrected chi connectivity index (χ4v) is 5.13. The first-order valence-corrected chi connectivity index (χ1v) is 14.9. The minimum absolute atomic E-state index is 0.0632. The van der Waals surface area contributed by atoms with E-state index in [1.807, 2.05) is 73.5 Å². The fraction of sp³-hybridized carbons (Fsp3) is 0.364. The smallest absolute Gasteiger partial charge is 0.258 e. The highest BCUT2D eigenvalue weighted by atomic mass is 16.5. The summed E-state index contributed by atoms with van der Waals surface area (Å²) in [6.07, 6.45) is 6.02. The number of nitrogens with one attached hydrogen (secondary N) is 3. The van der Waals surface area contributed by atoms with Gasteiger partial charge in [-0.2, -0.15) is 5.10 Å². The predicted octanol–water partition coefficient (Wildman–Crippen LogP) is 5.50. The van der Waals surface area contributed by atoms with Crippen LogP contribution in [-0.2, 0) is 22.6 Å². The second kappa shape index (κ2) is 13.5. The number of amides is 2. The van der Waals surface area contributed by atoms with E-state index in [-0.39, 0.29) is 30.4 Å². The monoisotopic (exact) mass is 581 g/mol. The average Bonchev–Trinajstić information content (AvgIpc) is 3.58. The maximum atomic E-state index is 12.9. The van der Waals surface area contributed by atoms with Crippen molar-refractivity contribution in [3.05, 3.63) is 72.2 Å². The number of fused-ring (bicyclic) bond motifs is 1. The third-order valence-electron chi connectivity index (χ3n) is 7.66. The van der Waals surface area contributed by atoms with E-state index in [0.717, 1.165) is 46.5 Å². The summed E-state index contributed by atoms with van der Waals surface area (Å²) in [5.41, 5.74) is 5.52. The Labute approximate surface area is 252 Å². The second-order valence-electron chi connectivity index (χ2n) is 11.1. The first-order valence-electron chi connectivity index (χ1n) is 14.9. The molecule has 0 radical (unpaired) electrons. The topological polar surface area (TPSA) is 125 Å². The first-order chi connectivity index (χ1) is 20.8. The third-order valence-corrected chi connectivity index (χ3v) is 7.66. The van der Waals surface area contributed by atoms with E-state index < -0.39 is 0 Å². The maximum Gasteiger partial charge on any atom is 0.258 e. The molecule has 10 nitrogen and oxygen atoms in total. The summed E-state index contributed by atoms with van der Waals surface area (Å²) < 4.78 is 5.83. The van der Waals surface area contributed by atoms with Crippen molar-refractivity contribution in [3.8, 4) is 28.3 Å². The molecule has 43 heavy (non-hydrogen) atoms. The summed E-state index contributed by atoms with van der Waals surface area (Å²) in [5.74, 6) is 1.66. The number of H-pyrrole nitrogens is 1. The molecule has 0 aliphatic carbocycles. The van der Waals surface area contributed by atoms with Crippen molar-refractivity contribution in [2.24, 2.45) is 5.92 Å². The van der Waals surface area contributed by atoms with Crippen LogP contribution >= 0.6 is 0 Å². The molecule has 0 spiro atoms. The van der Waals surface area contributed by atoms with Gasteiger partial charge >= 0.3 is 0 Å². The lowest BCUT2D eigenvalue weighted by atomic mass is 10.0. The van der Waals surface area contributed by atoms with Crippen LogP contribution in [0.4, 0.5) is 11.5 Å². The highest BCUT2D eigenvalue weighted by Crippen LogP contribution is 2.31. The molecule has 1 aliphatic heterocycles. The van der Waals surface area contributed by atoms with Crippen molar-refractivity contribution < 1.29 is 14.3 Å². The number of carbonyl (C=O) groups is 2. The number of hydrogen-bond acceptors (Lipinski definition) is 7. The van der Waals surface area contributed by atoms with Gasteiger partial charge in [0.1, 0.15) is 11.6 Å². The number of aromatic amines is 1. The van der Waals surface area contributed by atoms with E-state index in [4.69, 9.17) is 14.7 Å². The summed E-state index contributed by atoms with van der Waals surface area (Å²) in [4.78, 5) is 37.0. The van der Waals surface area contributed by atoms with Crippen LogP contribution in [0.1, 0.15) is 51.8 Å². The van der Waals surface area contributed by atoms with E-state index in [9.17, 15) is 9.59 Å². The highest BCUT2D eigenvalue weighted by molar-refractivity contribution is 5.79. The Balaban J connectivity index is 1.42. The average molecular weight is 582 g/mol. The number of hydrogen-bond donors (Lipinski definition) is 3. The van der Waals surface area contributed by atoms with Gasteiger partial charge in [0.25, 0.3) is 5.91 Å². The van der Waals surface area contributed by atoms with Gasteiger partial charge in [0.2, 0.25) is 5.91 Å². The molecule has 0 bridgehead atoms. The van der Waals surface area contributed by atoms with Gasteiger partial charge < -0.3 is 20.3 Å². The number of aromatic nitrogens is 4. The van der Waals surface area contributed by atoms with Crippen LogP contribution in [0.3, 0.4) is 0 Å². The molecule has 0 unspecified atom stereocenters. The number of rotatable bonds is 11. The molecule has 224 valence electrons. The molecule has 2 aromatic carbocycles. The van der Waals surface area contributed by atoms with E-state index in [0.29, 0.717) is 36.9 Å². The number of nitrogens with zero attached hydrogens (tertiary/aromatic N) is 4. The summed E-state index contributed by atoms with van der Waals surface area (Å²) in [6, 6.07) is 15.7. The minimum atomic E-state index is -0.144. The quantitative estimate of drug-likeness (QED) is 0.214. The predicted molar refractivity (Wildman–Crippen MR) is 167 cm³/mol. The van der Waals surface area contributed by atoms with Crippen molar-refractivity contribution in [3.63, 3.8) is 0 Å². The van der Waals surface area contributed by atoms with Gasteiger partial charge in [0.05, 0.1) is 18.4 Å². The zero-order valence-corrected chi connectivity index (χ0v) is 25.2. The second-order valence-corrected chi connectivity index (χ2v) is 11.1. The molecule has 0 saturated heterocycles. The Morgan fingerprint density at radius 3 is 2.51 bits per heavy atom. The summed E-state index contributed by atoms with van der Waals surface area (Å²) in [7, 11) is 0. The zero-order chi connectivity index (χ0) is 30.3. The molecule has 5 rings (SSSR count). The summed E-state index contributed by atoms with van der Waals surface area (Å²) >= 11 is 0. The molecule has 3 heterocycles. The SMILES string of the molecule is CCC(CC)NC(=O)COc1cccc(-c2nc3c(c(Nc4ccc(-c5cn[nH]c5)cc4)n2)CN(C(=O)C(C)C)CC3)c1. The zero-order valence-electron chi connectivity index (χ0n) is 25.2. The summed E-state index contributed by atoms with van der Waals surface area (Å²) in [6.45, 7) is 8.93. The van der Waals surface area contributed by atoms with Crippen molar-refractivity contribution >= 4 is 23.3 Å². The third kappa shape index (κ3) is 7.20. The van der Waals surface area contributed by atoms with Crippen LogP contribution < -0.4 is 15.4 Å². The summed E-state index contributed by atoms with van der Waals surface area (Å²) in [5, 5.41) is 13.4. The van der Waals surface area contributed by atoms with Gasteiger partial charge in [-0.05, 0) is 42.7 Å². The van der Waals surface area contributed by atoms with Crippen LogP contribution in [0.5, 0.6) is 5.75 Å². The van der Waals surface area contributed by atoms with Crippen molar-refractivity contribution in [1.29, 1.82) is 0 Å². The number of ether oxygens (including phenoxy) is 1. The minimum Gasteiger partial charge on any atom is -0.484 e. The molecule has 3 N–H and O–H groups in total. The Morgan fingerprint density at radius 2 is 1.81 bits per heavy atom. The van der Waals surface area contributed by atoms with Crippen LogP contribution in [0, 0.1) is 5.92 Å². The molecule has 0 atom stereocenters. The number of benzene rings is 2. The van der Waals surface area contributed by atoms with Crippen molar-refractivity contribution in [2.45, 2.75) is 59.5 Å². The molecule has 2 aromatic heterocycles. The van der Waals surface area contributed by atoms with E-state index >= 15 is 0 Å². The Kier molecular flexibility index (Phi) is 9.34. The highest BCUT2D eigenvalue weighted by Gasteiger charge is 2.27. The maximum absolute atomic E-state index is 12.9. The van der Waals surface area contributed by atoms with Gasteiger partial charge in [-0.25, -0.2) is 9.97 Å². The van der Waals surface area contributed by atoms with Gasteiger partial charge in [0, 0.05) is 53.5 Å². The van der Waals surface area contributed by atoms with Crippen LogP contribution in [0.2, 0.25) is 0 Å². The van der Waals surface area contributed by atoms with Crippen LogP contribution in [-0.4, -0.2) is 56.1 Å². The Hall–Kier alpha value is -4.73. The molecule has 1 aliphatic rings. The Bertz CT molecular complexity index is 1550. The van der Waals surface area contributed by atoms with Gasteiger partial charge in [-0.1, -0.05) is 52.0 Å². The van der Waals surface area contributed by atoms with Gasteiger partial charge in [-0.15, -0.1) is 0 Å². The molecule has 0 saturated carbocycles. The van der Waals surface area contributed by atoms with E-state index in [2.05, 4.69) is 34.7 Å². The lowest BCUT2D eigenvalue weighted by Crippen LogP contribution is -2.39. The van der Waals surface area contributed by atoms with E-state index in [1.165, 1.54) is 0 Å². The van der Waals surface area contributed by atoms with Crippen LogP contribution in [0.25, 0.3) is 22.5 Å². The van der Waals surface area contributed by atoms with Crippen molar-refractivity contribution in [1.82, 2.24) is 30.4 Å². The fourth-order valence-electron chi connectivity index (χ4n) is 5.13. The van der Waals surface area contributed by atoms with Crippen molar-refractivity contribution in [2.75, 3.05) is 18.5 Å². The molecule has 4 aromatic rings. The molecular weight excluding hydrogens is 542 g/mol. The number of carbonyl (C=O) groups excluding carboxylic acids is 2. The first kappa shape index (κ1) is 29.8. The lowest BCUT2D eigenvalue weighted by Gasteiger charge is -2.31. The van der Waals surface area contributed by atoms with Gasteiger partial charge in [-0.3, -0.25) is 14.7 Å². The number of anilines is 2. The standard InChI is InChI=1S/C33H39N7O3/c1-5-25(6-2)36-30(41)20-43-27-9-7-8-23(16-27)31-38-29-14-15-40(33(42)21(3)4)19-28(29)32(39-31)37-26-12-10-22(11-13-26)24-17-34-35-18-24/h7-13,16-18,21,25H,5-6,14-15,19-20H2,1-4H3,(H,34,35)(H,36,41)(H,37,38,39). The van der Waals surface area contributed by atoms with E-state index in [1.54, 1.807) is 6.20 Å². The molecule has 2 amide bonds. The lowest BCUT2D eigenvalue weighted by molar-refractivity contribution is -0.135. The Morgan fingerprint density at radius 1 is 1.02 bits per heavy atom. The largest absolute Gasteiger partial charge is 0.484 e. The van der Waals surface area contributed by atoms with Gasteiger partial charge in [0.15, 0.2) is 12.4 Å². The molecular formula is C33H39N7O3. The normalized spacial score (nSPS) is 12.7. The van der Waals surface area contributed by atoms with Crippen LogP contribution in [0.15, 0.2) is 60.9 Å². The molecule has 10 heteroatoms. The molecule has 0 fully saturated rings.